The van der Waals surface area contributed by atoms with Crippen LogP contribution in [0, 0.1) is 0 Å². The topological polar surface area (TPSA) is 92.2 Å². The van der Waals surface area contributed by atoms with Crippen molar-refractivity contribution in [2.24, 2.45) is 0 Å². The van der Waals surface area contributed by atoms with E-state index in [-0.39, 0.29) is 16.9 Å². The molecule has 0 atom stereocenters. The number of carbonyl (C=O) groups excluding carboxylic acids is 1. The fourth-order valence-corrected chi connectivity index (χ4v) is 3.08. The molecule has 0 fully saturated rings. The van der Waals surface area contributed by atoms with Crippen molar-refractivity contribution in [1.82, 2.24) is 9.97 Å². The van der Waals surface area contributed by atoms with Gasteiger partial charge < -0.3 is 10.4 Å². The van der Waals surface area contributed by atoms with Gasteiger partial charge in [-0.25, -0.2) is 14.8 Å². The second-order valence-corrected chi connectivity index (χ2v) is 6.54. The molecule has 0 saturated carbocycles. The summed E-state index contributed by atoms with van der Waals surface area (Å²) in [6.45, 7) is 0. The van der Waals surface area contributed by atoms with Crippen LogP contribution in [0.4, 0.5) is 5.69 Å². The summed E-state index contributed by atoms with van der Waals surface area (Å²) >= 11 is 0. The predicted molar refractivity (Wildman–Crippen MR) is 114 cm³/mol. The lowest BCUT2D eigenvalue weighted by Crippen LogP contribution is -2.16. The summed E-state index contributed by atoms with van der Waals surface area (Å²) in [4.78, 5) is 32.7. The van der Waals surface area contributed by atoms with Gasteiger partial charge in [0.1, 0.15) is 12.0 Å². The maximum absolute atomic E-state index is 12.8. The van der Waals surface area contributed by atoms with Crippen LogP contribution in [0.5, 0.6) is 0 Å². The van der Waals surface area contributed by atoms with E-state index in [0.29, 0.717) is 5.69 Å². The number of hydrogen-bond acceptors (Lipinski definition) is 4. The largest absolute Gasteiger partial charge is 0.478 e. The molecule has 30 heavy (non-hydrogen) atoms. The maximum atomic E-state index is 12.8. The standard InChI is InChI=1S/C24H17N3O3/c28-23(22-14-20(25-15-26-22)17-9-5-2-6-10-17)27-21-13-18(11-12-19(21)24(29)30)16-7-3-1-4-8-16/h1-15H,(H,27,28)(H,29,30). The van der Waals surface area contributed by atoms with Gasteiger partial charge in [-0.3, -0.25) is 4.79 Å². The Labute approximate surface area is 172 Å². The molecule has 0 radical (unpaired) electrons. The first-order valence-corrected chi connectivity index (χ1v) is 9.23. The van der Waals surface area contributed by atoms with Crippen molar-refractivity contribution in [3.63, 3.8) is 0 Å². The highest BCUT2D eigenvalue weighted by Gasteiger charge is 2.16. The average molecular weight is 395 g/mol. The van der Waals surface area contributed by atoms with Gasteiger partial charge >= 0.3 is 5.97 Å². The summed E-state index contributed by atoms with van der Waals surface area (Å²) in [6, 6.07) is 25.4. The fraction of sp³-hybridized carbons (Fsp3) is 0. The fourth-order valence-electron chi connectivity index (χ4n) is 3.08. The van der Waals surface area contributed by atoms with E-state index >= 15 is 0 Å². The Bertz CT molecular complexity index is 1210. The molecule has 4 rings (SSSR count). The first kappa shape index (κ1) is 19.0. The molecule has 0 saturated heterocycles. The zero-order chi connectivity index (χ0) is 20.9. The second kappa shape index (κ2) is 8.36. The van der Waals surface area contributed by atoms with E-state index in [1.165, 1.54) is 12.4 Å². The summed E-state index contributed by atoms with van der Waals surface area (Å²) in [5.41, 5.74) is 3.51. The number of carbonyl (C=O) groups is 2. The van der Waals surface area contributed by atoms with E-state index < -0.39 is 11.9 Å². The summed E-state index contributed by atoms with van der Waals surface area (Å²) in [5, 5.41) is 12.2. The van der Waals surface area contributed by atoms with E-state index in [0.717, 1.165) is 16.7 Å². The smallest absolute Gasteiger partial charge is 0.337 e. The van der Waals surface area contributed by atoms with Gasteiger partial charge in [0.05, 0.1) is 16.9 Å². The molecule has 1 heterocycles. The van der Waals surface area contributed by atoms with Crippen molar-refractivity contribution in [3.05, 3.63) is 103 Å². The third-order valence-corrected chi connectivity index (χ3v) is 4.57. The number of carboxylic acids is 1. The molecule has 2 N–H and O–H groups in total. The molecule has 6 nitrogen and oxygen atoms in total. The summed E-state index contributed by atoms with van der Waals surface area (Å²) in [6.07, 6.45) is 1.32. The molecule has 4 aromatic rings. The number of hydrogen-bond donors (Lipinski definition) is 2. The molecule has 0 aliphatic rings. The van der Waals surface area contributed by atoms with Crippen LogP contribution in [0.15, 0.2) is 91.3 Å². The van der Waals surface area contributed by atoms with Crippen LogP contribution in [-0.4, -0.2) is 27.0 Å². The predicted octanol–water partition coefficient (Wildman–Crippen LogP) is 4.76. The molecule has 1 amide bonds. The van der Waals surface area contributed by atoms with Gasteiger partial charge in [0.25, 0.3) is 5.91 Å². The molecular formula is C24H17N3O3. The van der Waals surface area contributed by atoms with Crippen molar-refractivity contribution in [3.8, 4) is 22.4 Å². The number of nitrogens with zero attached hydrogens (tertiary/aromatic N) is 2. The van der Waals surface area contributed by atoms with Crippen LogP contribution in [0.3, 0.4) is 0 Å². The minimum Gasteiger partial charge on any atom is -0.478 e. The molecule has 0 bridgehead atoms. The molecule has 3 aromatic carbocycles. The molecule has 0 spiro atoms. The van der Waals surface area contributed by atoms with E-state index in [4.69, 9.17) is 0 Å². The van der Waals surface area contributed by atoms with Crippen molar-refractivity contribution < 1.29 is 14.7 Å². The van der Waals surface area contributed by atoms with Crippen molar-refractivity contribution in [2.45, 2.75) is 0 Å². The maximum Gasteiger partial charge on any atom is 0.337 e. The zero-order valence-electron chi connectivity index (χ0n) is 15.8. The van der Waals surface area contributed by atoms with E-state index in [9.17, 15) is 14.7 Å². The molecule has 0 aliphatic heterocycles. The van der Waals surface area contributed by atoms with Crippen molar-refractivity contribution in [2.75, 3.05) is 5.32 Å². The first-order valence-electron chi connectivity index (χ1n) is 9.23. The highest BCUT2D eigenvalue weighted by Crippen LogP contribution is 2.26. The van der Waals surface area contributed by atoms with Gasteiger partial charge in [0.15, 0.2) is 0 Å². The van der Waals surface area contributed by atoms with Crippen LogP contribution in [-0.2, 0) is 0 Å². The monoisotopic (exact) mass is 395 g/mol. The van der Waals surface area contributed by atoms with Gasteiger partial charge in [0.2, 0.25) is 0 Å². The lowest BCUT2D eigenvalue weighted by atomic mass is 10.0. The second-order valence-electron chi connectivity index (χ2n) is 6.54. The number of aromatic nitrogens is 2. The summed E-state index contributed by atoms with van der Waals surface area (Å²) < 4.78 is 0. The Kier molecular flexibility index (Phi) is 5.30. The van der Waals surface area contributed by atoms with Crippen LogP contribution >= 0.6 is 0 Å². The van der Waals surface area contributed by atoms with Gasteiger partial charge in [-0.15, -0.1) is 0 Å². The SMILES string of the molecule is O=C(Nc1cc(-c2ccccc2)ccc1C(=O)O)c1cc(-c2ccccc2)ncn1. The number of amides is 1. The van der Waals surface area contributed by atoms with E-state index in [2.05, 4.69) is 15.3 Å². The van der Waals surface area contributed by atoms with Crippen LogP contribution in [0.1, 0.15) is 20.8 Å². The van der Waals surface area contributed by atoms with E-state index in [1.54, 1.807) is 18.2 Å². The third-order valence-electron chi connectivity index (χ3n) is 4.57. The Morgan fingerprint density at radius 3 is 2.07 bits per heavy atom. The number of nitrogens with one attached hydrogen (secondary N) is 1. The number of anilines is 1. The normalized spacial score (nSPS) is 10.4. The van der Waals surface area contributed by atoms with Crippen LogP contribution < -0.4 is 5.32 Å². The number of aromatic carboxylic acids is 1. The van der Waals surface area contributed by atoms with Gasteiger partial charge in [-0.2, -0.15) is 0 Å². The van der Waals surface area contributed by atoms with Crippen molar-refractivity contribution in [1.29, 1.82) is 0 Å². The molecule has 1 aromatic heterocycles. The molecule has 6 heteroatoms. The Morgan fingerprint density at radius 1 is 0.733 bits per heavy atom. The zero-order valence-corrected chi connectivity index (χ0v) is 15.8. The number of carboxylic acid groups (broad SMARTS) is 1. The van der Waals surface area contributed by atoms with Crippen LogP contribution in [0.25, 0.3) is 22.4 Å². The quantitative estimate of drug-likeness (QED) is 0.508. The molecule has 0 unspecified atom stereocenters. The highest BCUT2D eigenvalue weighted by atomic mass is 16.4. The first-order chi connectivity index (χ1) is 14.6. The summed E-state index contributed by atoms with van der Waals surface area (Å²) in [7, 11) is 0. The molecular weight excluding hydrogens is 378 g/mol. The average Bonchev–Trinajstić information content (AvgIpc) is 2.80. The van der Waals surface area contributed by atoms with Crippen LogP contribution in [0.2, 0.25) is 0 Å². The Morgan fingerprint density at radius 2 is 1.40 bits per heavy atom. The van der Waals surface area contributed by atoms with Gasteiger partial charge in [-0.05, 0) is 29.3 Å². The van der Waals surface area contributed by atoms with Gasteiger partial charge in [0, 0.05) is 5.56 Å². The molecule has 146 valence electrons. The summed E-state index contributed by atoms with van der Waals surface area (Å²) in [5.74, 6) is -1.64. The lowest BCUT2D eigenvalue weighted by molar-refractivity contribution is 0.0698. The highest BCUT2D eigenvalue weighted by molar-refractivity contribution is 6.07. The number of rotatable bonds is 5. The molecule has 0 aliphatic carbocycles. The minimum absolute atomic E-state index is 0.000343. The van der Waals surface area contributed by atoms with E-state index in [1.807, 2.05) is 60.7 Å². The third kappa shape index (κ3) is 4.07. The Hall–Kier alpha value is -4.32. The number of benzene rings is 3. The van der Waals surface area contributed by atoms with Gasteiger partial charge in [-0.1, -0.05) is 66.7 Å². The Balaban J connectivity index is 1.66. The minimum atomic E-state index is -1.13. The van der Waals surface area contributed by atoms with Crippen molar-refractivity contribution >= 4 is 17.6 Å². The lowest BCUT2D eigenvalue weighted by Gasteiger charge is -2.11.